The van der Waals surface area contributed by atoms with Crippen molar-refractivity contribution >= 4 is 0 Å². The molecule has 2 aromatic rings. The van der Waals surface area contributed by atoms with Crippen molar-refractivity contribution < 1.29 is 14.5 Å². The quantitative estimate of drug-likeness (QED) is 0.843. The van der Waals surface area contributed by atoms with E-state index in [1.165, 1.54) is 12.1 Å². The van der Waals surface area contributed by atoms with Gasteiger partial charge in [0.05, 0.1) is 12.8 Å². The van der Waals surface area contributed by atoms with Crippen LogP contribution in [-0.4, -0.2) is 6.54 Å². The first-order valence-corrected chi connectivity index (χ1v) is 5.39. The molecule has 0 aliphatic heterocycles. The molecule has 1 atom stereocenters. The summed E-state index contributed by atoms with van der Waals surface area (Å²) in [7, 11) is 0. The van der Waals surface area contributed by atoms with E-state index >= 15 is 0 Å². The molecule has 0 aliphatic rings. The van der Waals surface area contributed by atoms with Crippen LogP contribution in [0.4, 0.5) is 4.39 Å². The van der Waals surface area contributed by atoms with Gasteiger partial charge in [-0.3, -0.25) is 0 Å². The Labute approximate surface area is 93.9 Å². The van der Waals surface area contributed by atoms with Gasteiger partial charge >= 0.3 is 0 Å². The Morgan fingerprint density at radius 2 is 1.94 bits per heavy atom. The number of halogens is 1. The van der Waals surface area contributed by atoms with E-state index in [2.05, 4.69) is 5.73 Å². The topological polar surface area (TPSA) is 40.8 Å². The van der Waals surface area contributed by atoms with Gasteiger partial charge in [-0.25, -0.2) is 4.39 Å². The molecule has 0 bridgehead atoms. The van der Waals surface area contributed by atoms with Gasteiger partial charge in [0.1, 0.15) is 11.6 Å². The van der Waals surface area contributed by atoms with Gasteiger partial charge in [-0.1, -0.05) is 12.1 Å². The molecule has 3 N–H and O–H groups in total. The summed E-state index contributed by atoms with van der Waals surface area (Å²) in [6.45, 7) is 0.822. The molecule has 0 fully saturated rings. The van der Waals surface area contributed by atoms with E-state index in [9.17, 15) is 4.39 Å². The van der Waals surface area contributed by atoms with E-state index < -0.39 is 0 Å². The molecular weight excluding hydrogens is 205 g/mol. The highest BCUT2D eigenvalue weighted by atomic mass is 19.1. The van der Waals surface area contributed by atoms with Crippen LogP contribution in [0.1, 0.15) is 23.7 Å². The SMILES string of the molecule is [NH3+]CC[C@@H](c1ccc(F)cc1)c1ccco1. The van der Waals surface area contributed by atoms with Crippen LogP contribution in [0.5, 0.6) is 0 Å². The standard InChI is InChI=1S/C13H14FNO/c14-11-5-3-10(4-6-11)12(7-8-15)13-2-1-9-16-13/h1-6,9,12H,7-8,15H2/p+1/t12-/m0/s1. The molecular formula is C13H15FNO+. The molecule has 1 aromatic heterocycles. The van der Waals surface area contributed by atoms with Crippen LogP contribution in [0.25, 0.3) is 0 Å². The van der Waals surface area contributed by atoms with E-state index in [0.29, 0.717) is 0 Å². The van der Waals surface area contributed by atoms with Gasteiger partial charge in [0.2, 0.25) is 0 Å². The number of furan rings is 1. The summed E-state index contributed by atoms with van der Waals surface area (Å²) in [5, 5.41) is 0. The summed E-state index contributed by atoms with van der Waals surface area (Å²) >= 11 is 0. The van der Waals surface area contributed by atoms with Crippen molar-refractivity contribution in [3.05, 3.63) is 59.8 Å². The number of hydrogen-bond acceptors (Lipinski definition) is 1. The van der Waals surface area contributed by atoms with Crippen molar-refractivity contribution in [3.8, 4) is 0 Å². The van der Waals surface area contributed by atoms with Gasteiger partial charge in [-0.2, -0.15) is 0 Å². The molecule has 0 radical (unpaired) electrons. The Bertz CT molecular complexity index is 422. The fraction of sp³-hybridized carbons (Fsp3) is 0.231. The monoisotopic (exact) mass is 220 g/mol. The molecule has 0 spiro atoms. The molecule has 1 aromatic carbocycles. The normalized spacial score (nSPS) is 12.6. The third kappa shape index (κ3) is 2.31. The minimum absolute atomic E-state index is 0.174. The number of rotatable bonds is 4. The van der Waals surface area contributed by atoms with Crippen molar-refractivity contribution in [1.29, 1.82) is 0 Å². The fourth-order valence-corrected chi connectivity index (χ4v) is 1.86. The molecule has 1 heterocycles. The van der Waals surface area contributed by atoms with Gasteiger partial charge in [-0.05, 0) is 29.8 Å². The molecule has 16 heavy (non-hydrogen) atoms. The molecule has 0 aliphatic carbocycles. The number of quaternary nitrogens is 1. The van der Waals surface area contributed by atoms with Gasteiger partial charge in [0.25, 0.3) is 0 Å². The Morgan fingerprint density at radius 1 is 1.19 bits per heavy atom. The maximum atomic E-state index is 12.8. The molecule has 0 amide bonds. The Morgan fingerprint density at radius 3 is 2.50 bits per heavy atom. The van der Waals surface area contributed by atoms with Gasteiger partial charge < -0.3 is 10.2 Å². The predicted molar refractivity (Wildman–Crippen MR) is 59.3 cm³/mol. The first-order chi connectivity index (χ1) is 7.81. The number of benzene rings is 1. The second-order valence-electron chi connectivity index (χ2n) is 3.76. The van der Waals surface area contributed by atoms with E-state index in [-0.39, 0.29) is 11.7 Å². The van der Waals surface area contributed by atoms with Gasteiger partial charge in [-0.15, -0.1) is 0 Å². The summed E-state index contributed by atoms with van der Waals surface area (Å²) in [4.78, 5) is 0. The van der Waals surface area contributed by atoms with Crippen LogP contribution in [-0.2, 0) is 0 Å². The highest BCUT2D eigenvalue weighted by Crippen LogP contribution is 2.27. The highest BCUT2D eigenvalue weighted by Gasteiger charge is 2.16. The lowest BCUT2D eigenvalue weighted by Crippen LogP contribution is -2.50. The maximum Gasteiger partial charge on any atom is 0.123 e. The minimum atomic E-state index is -0.212. The predicted octanol–water partition coefficient (Wildman–Crippen LogP) is 2.18. The number of hydrogen-bond donors (Lipinski definition) is 1. The summed E-state index contributed by atoms with van der Waals surface area (Å²) < 4.78 is 18.3. The zero-order valence-corrected chi connectivity index (χ0v) is 9.03. The zero-order valence-electron chi connectivity index (χ0n) is 9.03. The lowest BCUT2D eigenvalue weighted by Gasteiger charge is -2.12. The highest BCUT2D eigenvalue weighted by molar-refractivity contribution is 5.27. The van der Waals surface area contributed by atoms with E-state index in [0.717, 1.165) is 24.3 Å². The largest absolute Gasteiger partial charge is 0.469 e. The molecule has 0 saturated heterocycles. The third-order valence-electron chi connectivity index (χ3n) is 2.65. The summed E-state index contributed by atoms with van der Waals surface area (Å²) in [6.07, 6.45) is 2.56. The lowest BCUT2D eigenvalue weighted by molar-refractivity contribution is -0.368. The first-order valence-electron chi connectivity index (χ1n) is 5.39. The Balaban J connectivity index is 2.29. The smallest absolute Gasteiger partial charge is 0.123 e. The molecule has 3 heteroatoms. The average molecular weight is 220 g/mol. The lowest BCUT2D eigenvalue weighted by atomic mass is 9.93. The molecule has 2 rings (SSSR count). The van der Waals surface area contributed by atoms with Crippen LogP contribution in [0.2, 0.25) is 0 Å². The van der Waals surface area contributed by atoms with Crippen LogP contribution in [0.3, 0.4) is 0 Å². The van der Waals surface area contributed by atoms with E-state index in [1.807, 2.05) is 12.1 Å². The van der Waals surface area contributed by atoms with Crippen LogP contribution >= 0.6 is 0 Å². The fourth-order valence-electron chi connectivity index (χ4n) is 1.86. The maximum absolute atomic E-state index is 12.8. The van der Waals surface area contributed by atoms with Crippen molar-refractivity contribution in [2.75, 3.05) is 6.54 Å². The van der Waals surface area contributed by atoms with Crippen molar-refractivity contribution in [2.24, 2.45) is 0 Å². The van der Waals surface area contributed by atoms with Crippen LogP contribution in [0, 0.1) is 5.82 Å². The second kappa shape index (κ2) is 4.94. The summed E-state index contributed by atoms with van der Waals surface area (Å²) in [5.74, 6) is 0.875. The molecule has 2 nitrogen and oxygen atoms in total. The molecule has 0 saturated carbocycles. The van der Waals surface area contributed by atoms with Crippen LogP contribution in [0.15, 0.2) is 47.1 Å². The minimum Gasteiger partial charge on any atom is -0.469 e. The third-order valence-corrected chi connectivity index (χ3v) is 2.65. The van der Waals surface area contributed by atoms with Crippen molar-refractivity contribution in [2.45, 2.75) is 12.3 Å². The molecule has 0 unspecified atom stereocenters. The zero-order chi connectivity index (χ0) is 11.4. The van der Waals surface area contributed by atoms with Crippen LogP contribution < -0.4 is 5.73 Å². The Kier molecular flexibility index (Phi) is 3.37. The van der Waals surface area contributed by atoms with Gasteiger partial charge in [0.15, 0.2) is 0 Å². The van der Waals surface area contributed by atoms with Gasteiger partial charge in [0, 0.05) is 12.3 Å². The first kappa shape index (κ1) is 10.9. The molecule has 84 valence electrons. The van der Waals surface area contributed by atoms with Crippen molar-refractivity contribution in [3.63, 3.8) is 0 Å². The summed E-state index contributed by atoms with van der Waals surface area (Å²) in [6, 6.07) is 10.4. The second-order valence-corrected chi connectivity index (χ2v) is 3.76. The summed E-state index contributed by atoms with van der Waals surface area (Å²) in [5.41, 5.74) is 4.93. The van der Waals surface area contributed by atoms with E-state index in [4.69, 9.17) is 4.42 Å². The van der Waals surface area contributed by atoms with Crippen molar-refractivity contribution in [1.82, 2.24) is 0 Å². The van der Waals surface area contributed by atoms with E-state index in [1.54, 1.807) is 18.4 Å². The average Bonchev–Trinajstić information content (AvgIpc) is 2.81. The Hall–Kier alpha value is -1.61.